The van der Waals surface area contributed by atoms with Gasteiger partial charge in [0.25, 0.3) is 0 Å². The number of phenols is 2. The molecule has 5 N–H and O–H groups in total. The Morgan fingerprint density at radius 2 is 1.74 bits per heavy atom. The van der Waals surface area contributed by atoms with Gasteiger partial charge in [0.1, 0.15) is 35.1 Å². The van der Waals surface area contributed by atoms with Crippen molar-refractivity contribution in [2.45, 2.75) is 68.5 Å². The van der Waals surface area contributed by atoms with Crippen LogP contribution >= 0.6 is 0 Å². The van der Waals surface area contributed by atoms with Crippen LogP contribution in [-0.2, 0) is 21.5 Å². The topological polar surface area (TPSA) is 166 Å². The zero-order chi connectivity index (χ0) is 28.3. The minimum atomic E-state index is -1.50. The van der Waals surface area contributed by atoms with Gasteiger partial charge in [0, 0.05) is 36.6 Å². The SMILES string of the molecule is CO[C@H]1C[C@](C)(O)Cc2cc3c(c(O)c21)C(=O)c1c(O)cc2c(c1C3=O)O[C@H]1O[C@@]2(C)C(O)[C@H](N(C)C)C1O. The molecule has 39 heavy (non-hydrogen) atoms. The van der Waals surface area contributed by atoms with Gasteiger partial charge in [-0.15, -0.1) is 0 Å². The summed E-state index contributed by atoms with van der Waals surface area (Å²) in [5, 5.41) is 55.4. The van der Waals surface area contributed by atoms with E-state index >= 15 is 0 Å². The lowest BCUT2D eigenvalue weighted by molar-refractivity contribution is -0.311. The Bertz CT molecular complexity index is 1450. The van der Waals surface area contributed by atoms with E-state index in [0.717, 1.165) is 0 Å². The molecule has 2 aromatic rings. The minimum Gasteiger partial charge on any atom is -0.507 e. The molecular weight excluding hydrogens is 510 g/mol. The maximum absolute atomic E-state index is 14.1. The molecule has 4 aliphatic rings. The fourth-order valence-corrected chi connectivity index (χ4v) is 6.76. The normalized spacial score (nSPS) is 34.6. The van der Waals surface area contributed by atoms with Crippen molar-refractivity contribution >= 4 is 11.6 Å². The molecule has 2 bridgehead atoms. The van der Waals surface area contributed by atoms with E-state index in [-0.39, 0.29) is 46.4 Å². The van der Waals surface area contributed by atoms with Crippen molar-refractivity contribution in [3.05, 3.63) is 51.1 Å². The van der Waals surface area contributed by atoms with E-state index in [2.05, 4.69) is 0 Å². The van der Waals surface area contributed by atoms with Crippen LogP contribution in [0.5, 0.6) is 17.2 Å². The molecule has 7 atom stereocenters. The number of aromatic hydroxyl groups is 2. The predicted molar refractivity (Wildman–Crippen MR) is 134 cm³/mol. The van der Waals surface area contributed by atoms with Crippen LogP contribution in [0, 0.1) is 0 Å². The summed E-state index contributed by atoms with van der Waals surface area (Å²) in [5.74, 6) is -2.54. The lowest BCUT2D eigenvalue weighted by Gasteiger charge is -2.53. The number of aliphatic hydroxyl groups is 3. The number of likely N-dealkylation sites (N-methyl/N-ethyl adjacent to an activating group) is 1. The zero-order valence-corrected chi connectivity index (χ0v) is 22.2. The molecule has 0 spiro atoms. The molecule has 0 saturated carbocycles. The zero-order valence-electron chi connectivity index (χ0n) is 22.2. The molecule has 1 fully saturated rings. The number of fused-ring (bicyclic) bond motifs is 8. The molecule has 2 aliphatic heterocycles. The summed E-state index contributed by atoms with van der Waals surface area (Å²) in [6.45, 7) is 3.19. The van der Waals surface area contributed by atoms with E-state index in [1.165, 1.54) is 19.2 Å². The summed E-state index contributed by atoms with van der Waals surface area (Å²) in [4.78, 5) is 29.5. The first-order chi connectivity index (χ1) is 18.2. The second kappa shape index (κ2) is 8.23. The van der Waals surface area contributed by atoms with Gasteiger partial charge in [-0.3, -0.25) is 9.59 Å². The van der Waals surface area contributed by atoms with E-state index < -0.39 is 64.9 Å². The van der Waals surface area contributed by atoms with Crippen LogP contribution in [0.2, 0.25) is 0 Å². The number of ketones is 2. The van der Waals surface area contributed by atoms with Crippen LogP contribution in [0.3, 0.4) is 0 Å². The molecule has 0 radical (unpaired) electrons. The maximum Gasteiger partial charge on any atom is 0.228 e. The number of benzene rings is 2. The van der Waals surface area contributed by atoms with Gasteiger partial charge in [0.2, 0.25) is 12.1 Å². The number of carbonyl (C=O) groups is 2. The molecule has 11 heteroatoms. The predicted octanol–water partition coefficient (Wildman–Crippen LogP) is 0.874. The lowest BCUT2D eigenvalue weighted by atomic mass is 9.72. The monoisotopic (exact) mass is 541 g/mol. The van der Waals surface area contributed by atoms with Crippen LogP contribution < -0.4 is 4.74 Å². The highest BCUT2D eigenvalue weighted by molar-refractivity contribution is 6.31. The average Bonchev–Trinajstić information content (AvgIpc) is 2.84. The number of carbonyl (C=O) groups excluding carboxylic acids is 2. The Morgan fingerprint density at radius 1 is 1.05 bits per heavy atom. The van der Waals surface area contributed by atoms with Crippen molar-refractivity contribution in [3.63, 3.8) is 0 Å². The first kappa shape index (κ1) is 26.2. The fourth-order valence-electron chi connectivity index (χ4n) is 6.76. The molecule has 6 rings (SSSR count). The van der Waals surface area contributed by atoms with Gasteiger partial charge in [-0.25, -0.2) is 0 Å². The number of aliphatic hydroxyl groups excluding tert-OH is 2. The minimum absolute atomic E-state index is 0.0835. The molecule has 11 nitrogen and oxygen atoms in total. The van der Waals surface area contributed by atoms with Crippen LogP contribution in [-0.4, -0.2) is 93.3 Å². The third kappa shape index (κ3) is 3.38. The fraction of sp³-hybridized carbons (Fsp3) is 0.500. The van der Waals surface area contributed by atoms with Gasteiger partial charge in [-0.05, 0) is 45.6 Å². The molecule has 0 aromatic heterocycles. The van der Waals surface area contributed by atoms with Crippen LogP contribution in [0.1, 0.15) is 74.9 Å². The van der Waals surface area contributed by atoms with Crippen molar-refractivity contribution in [1.82, 2.24) is 4.90 Å². The second-order valence-corrected chi connectivity index (χ2v) is 11.6. The summed E-state index contributed by atoms with van der Waals surface area (Å²) in [6.07, 6.45) is -4.29. The van der Waals surface area contributed by atoms with Crippen molar-refractivity contribution < 1.29 is 49.3 Å². The average molecular weight is 542 g/mol. The Labute approximate surface area is 224 Å². The third-order valence-electron chi connectivity index (χ3n) is 8.66. The van der Waals surface area contributed by atoms with Crippen molar-refractivity contribution in [1.29, 1.82) is 0 Å². The lowest BCUT2D eigenvalue weighted by Crippen LogP contribution is -2.68. The quantitative estimate of drug-likeness (QED) is 0.312. The number of hydrogen-bond acceptors (Lipinski definition) is 11. The Hall–Kier alpha value is -3.06. The number of methoxy groups -OCH3 is 1. The van der Waals surface area contributed by atoms with E-state index in [9.17, 15) is 35.1 Å². The summed E-state index contributed by atoms with van der Waals surface area (Å²) < 4.78 is 17.4. The number of rotatable bonds is 2. The first-order valence-electron chi connectivity index (χ1n) is 12.7. The van der Waals surface area contributed by atoms with Crippen molar-refractivity contribution in [2.24, 2.45) is 0 Å². The third-order valence-corrected chi connectivity index (χ3v) is 8.66. The Morgan fingerprint density at radius 3 is 2.38 bits per heavy atom. The standard InChI is InChI=1S/C28H31NO10/c1-27(36)8-10-6-11-16(21(32)15(10)14(9-27)37-5)22(33)17-13(30)7-12-24(18(17)20(11)31)38-26-23(34)19(29(3)4)25(35)28(12,2)39-26/h6-7,14,19,23,25-26,30,32,34-36H,8-9H2,1-5H3/t14-,19+,23?,25?,26-,27+,28+/m0/s1. The highest BCUT2D eigenvalue weighted by Gasteiger charge is 2.59. The molecule has 1 saturated heterocycles. The van der Waals surface area contributed by atoms with Gasteiger partial charge in [-0.1, -0.05) is 0 Å². The largest absolute Gasteiger partial charge is 0.507 e. The first-order valence-corrected chi connectivity index (χ1v) is 12.7. The van der Waals surface area contributed by atoms with E-state index in [0.29, 0.717) is 11.1 Å². The van der Waals surface area contributed by atoms with Gasteiger partial charge >= 0.3 is 0 Å². The Balaban J connectivity index is 1.58. The summed E-state index contributed by atoms with van der Waals surface area (Å²) in [5.41, 5.74) is -2.71. The van der Waals surface area contributed by atoms with E-state index in [4.69, 9.17) is 14.2 Å². The maximum atomic E-state index is 14.1. The second-order valence-electron chi connectivity index (χ2n) is 11.6. The van der Waals surface area contributed by atoms with Crippen LogP contribution in [0.25, 0.3) is 0 Å². The number of nitrogens with zero attached hydrogens (tertiary/aromatic N) is 1. The summed E-state index contributed by atoms with van der Waals surface area (Å²) >= 11 is 0. The molecule has 2 unspecified atom stereocenters. The van der Waals surface area contributed by atoms with Gasteiger partial charge in [0.05, 0.1) is 34.4 Å². The van der Waals surface area contributed by atoms with E-state index in [1.54, 1.807) is 32.8 Å². The van der Waals surface area contributed by atoms with Crippen molar-refractivity contribution in [3.8, 4) is 17.2 Å². The Kier molecular flexibility index (Phi) is 5.52. The molecular formula is C28H31NO10. The summed E-state index contributed by atoms with van der Waals surface area (Å²) in [6, 6.07) is 1.90. The van der Waals surface area contributed by atoms with E-state index in [1.807, 2.05) is 0 Å². The summed E-state index contributed by atoms with van der Waals surface area (Å²) in [7, 11) is 4.80. The van der Waals surface area contributed by atoms with Gasteiger partial charge < -0.3 is 44.6 Å². The highest BCUT2D eigenvalue weighted by Crippen LogP contribution is 2.54. The molecule has 208 valence electrons. The molecule has 2 aromatic carbocycles. The number of phenolic OH excluding ortho intramolecular Hbond substituents is 2. The van der Waals surface area contributed by atoms with Crippen LogP contribution in [0.4, 0.5) is 0 Å². The number of hydrogen-bond donors (Lipinski definition) is 5. The smallest absolute Gasteiger partial charge is 0.228 e. The number of ether oxygens (including phenoxy) is 3. The molecule has 2 heterocycles. The van der Waals surface area contributed by atoms with Gasteiger partial charge in [-0.2, -0.15) is 0 Å². The van der Waals surface area contributed by atoms with Gasteiger partial charge in [0.15, 0.2) is 5.78 Å². The molecule has 0 amide bonds. The van der Waals surface area contributed by atoms with Crippen LogP contribution in [0.15, 0.2) is 12.1 Å². The van der Waals surface area contributed by atoms with Crippen molar-refractivity contribution in [2.75, 3.05) is 21.2 Å². The highest BCUT2D eigenvalue weighted by atomic mass is 16.7. The molecule has 2 aliphatic carbocycles.